The number of carbonyl (C=O) groups is 1. The number of anilines is 1. The van der Waals surface area contributed by atoms with E-state index < -0.39 is 0 Å². The Labute approximate surface area is 144 Å². The zero-order valence-electron chi connectivity index (χ0n) is 14.6. The zero-order valence-corrected chi connectivity index (χ0v) is 14.6. The van der Waals surface area contributed by atoms with Gasteiger partial charge in [-0.2, -0.15) is 0 Å². The van der Waals surface area contributed by atoms with Gasteiger partial charge in [-0.3, -0.25) is 0 Å². The third-order valence-corrected chi connectivity index (χ3v) is 3.84. The predicted octanol–water partition coefficient (Wildman–Crippen LogP) is 4.54. The fraction of sp³-hybridized carbons (Fsp3) is 0.350. The largest absolute Gasteiger partial charge is 0.494 e. The van der Waals surface area contributed by atoms with Crippen LogP contribution < -0.4 is 15.4 Å². The topological polar surface area (TPSA) is 50.4 Å². The van der Waals surface area contributed by atoms with Crippen molar-refractivity contribution in [3.05, 3.63) is 59.7 Å². The van der Waals surface area contributed by atoms with E-state index >= 15 is 0 Å². The molecule has 2 amide bonds. The summed E-state index contributed by atoms with van der Waals surface area (Å²) >= 11 is 0. The van der Waals surface area contributed by atoms with Gasteiger partial charge in [-0.15, -0.1) is 0 Å². The second-order valence-corrected chi connectivity index (χ2v) is 5.93. The van der Waals surface area contributed by atoms with Crippen LogP contribution in [0.15, 0.2) is 48.5 Å². The van der Waals surface area contributed by atoms with E-state index in [2.05, 4.69) is 22.8 Å². The summed E-state index contributed by atoms with van der Waals surface area (Å²) in [5.74, 6) is 0.817. The van der Waals surface area contributed by atoms with Crippen LogP contribution >= 0.6 is 0 Å². The third-order valence-electron chi connectivity index (χ3n) is 3.84. The van der Waals surface area contributed by atoms with Crippen molar-refractivity contribution >= 4 is 11.7 Å². The van der Waals surface area contributed by atoms with Crippen LogP contribution in [0.25, 0.3) is 0 Å². The molecule has 0 saturated carbocycles. The van der Waals surface area contributed by atoms with Gasteiger partial charge >= 0.3 is 6.03 Å². The molecular formula is C20H26N2O2. The quantitative estimate of drug-likeness (QED) is 0.785. The van der Waals surface area contributed by atoms with Gasteiger partial charge in [0, 0.05) is 11.7 Å². The third kappa shape index (κ3) is 5.61. The molecule has 1 unspecified atom stereocenters. The van der Waals surface area contributed by atoms with Crippen LogP contribution in [0.2, 0.25) is 0 Å². The lowest BCUT2D eigenvalue weighted by Crippen LogP contribution is -2.36. The van der Waals surface area contributed by atoms with Crippen LogP contribution in [0.1, 0.15) is 31.4 Å². The van der Waals surface area contributed by atoms with E-state index in [1.54, 1.807) is 0 Å². The molecule has 0 radical (unpaired) electrons. The highest BCUT2D eigenvalue weighted by Gasteiger charge is 2.09. The van der Waals surface area contributed by atoms with Gasteiger partial charge < -0.3 is 15.4 Å². The molecule has 2 aromatic rings. The smallest absolute Gasteiger partial charge is 0.319 e. The summed E-state index contributed by atoms with van der Waals surface area (Å²) < 4.78 is 5.46. The fourth-order valence-electron chi connectivity index (χ4n) is 2.52. The fourth-order valence-corrected chi connectivity index (χ4v) is 2.52. The SMILES string of the molecule is CCOc1ccc(NC(=O)NC(C)CCc2ccccc2)c(C)c1. The standard InChI is InChI=1S/C20H26N2O2/c1-4-24-18-12-13-19(15(2)14-18)22-20(23)21-16(3)10-11-17-8-6-5-7-9-17/h5-9,12-14,16H,4,10-11H2,1-3H3,(H2,21,22,23). The second-order valence-electron chi connectivity index (χ2n) is 5.93. The van der Waals surface area contributed by atoms with E-state index in [-0.39, 0.29) is 12.1 Å². The van der Waals surface area contributed by atoms with Gasteiger partial charge in [-0.1, -0.05) is 30.3 Å². The van der Waals surface area contributed by atoms with E-state index in [0.717, 1.165) is 29.8 Å². The van der Waals surface area contributed by atoms with E-state index in [9.17, 15) is 4.79 Å². The summed E-state index contributed by atoms with van der Waals surface area (Å²) in [6, 6.07) is 15.9. The molecule has 0 spiro atoms. The molecule has 1 atom stereocenters. The number of benzene rings is 2. The molecule has 0 aliphatic heterocycles. The van der Waals surface area contributed by atoms with Crippen molar-refractivity contribution in [3.8, 4) is 5.75 Å². The lowest BCUT2D eigenvalue weighted by Gasteiger charge is -2.16. The molecule has 24 heavy (non-hydrogen) atoms. The van der Waals surface area contributed by atoms with Crippen molar-refractivity contribution < 1.29 is 9.53 Å². The minimum absolute atomic E-state index is 0.105. The molecule has 0 aromatic heterocycles. The molecule has 2 N–H and O–H groups in total. The maximum absolute atomic E-state index is 12.1. The highest BCUT2D eigenvalue weighted by Crippen LogP contribution is 2.21. The minimum atomic E-state index is -0.178. The Morgan fingerprint density at radius 3 is 2.58 bits per heavy atom. The van der Waals surface area contributed by atoms with Crippen molar-refractivity contribution in [3.63, 3.8) is 0 Å². The number of nitrogens with one attached hydrogen (secondary N) is 2. The maximum atomic E-state index is 12.1. The molecule has 2 rings (SSSR count). The van der Waals surface area contributed by atoms with Crippen molar-refractivity contribution in [2.75, 3.05) is 11.9 Å². The van der Waals surface area contributed by atoms with E-state index in [4.69, 9.17) is 4.74 Å². The molecule has 0 heterocycles. The van der Waals surface area contributed by atoms with Crippen LogP contribution in [0.3, 0.4) is 0 Å². The highest BCUT2D eigenvalue weighted by molar-refractivity contribution is 5.90. The van der Waals surface area contributed by atoms with Gasteiger partial charge in [0.15, 0.2) is 0 Å². The Kier molecular flexibility index (Phi) is 6.67. The first kappa shape index (κ1) is 17.9. The van der Waals surface area contributed by atoms with Crippen molar-refractivity contribution in [2.45, 2.75) is 39.7 Å². The molecule has 0 fully saturated rings. The van der Waals surface area contributed by atoms with Gasteiger partial charge in [0.05, 0.1) is 6.61 Å². The maximum Gasteiger partial charge on any atom is 0.319 e. The number of rotatable bonds is 7. The molecule has 0 bridgehead atoms. The average Bonchev–Trinajstić information content (AvgIpc) is 2.57. The molecule has 0 aliphatic carbocycles. The summed E-state index contributed by atoms with van der Waals surface area (Å²) in [5.41, 5.74) is 3.06. The Balaban J connectivity index is 1.82. The molecule has 0 aliphatic rings. The van der Waals surface area contributed by atoms with Gasteiger partial charge in [-0.25, -0.2) is 4.79 Å². The first-order valence-electron chi connectivity index (χ1n) is 8.43. The van der Waals surface area contributed by atoms with E-state index in [1.165, 1.54) is 5.56 Å². The van der Waals surface area contributed by atoms with E-state index in [0.29, 0.717) is 6.61 Å². The molecule has 4 nitrogen and oxygen atoms in total. The van der Waals surface area contributed by atoms with Crippen LogP contribution in [0, 0.1) is 6.92 Å². The first-order chi connectivity index (χ1) is 11.6. The van der Waals surface area contributed by atoms with Crippen LogP contribution in [0.4, 0.5) is 10.5 Å². The summed E-state index contributed by atoms with van der Waals surface area (Å²) in [6.07, 6.45) is 1.85. The Morgan fingerprint density at radius 2 is 1.92 bits per heavy atom. The monoisotopic (exact) mass is 326 g/mol. The van der Waals surface area contributed by atoms with E-state index in [1.807, 2.05) is 57.2 Å². The van der Waals surface area contributed by atoms with Crippen LogP contribution in [-0.4, -0.2) is 18.7 Å². The Bertz CT molecular complexity index is 656. The predicted molar refractivity (Wildman–Crippen MR) is 98.7 cm³/mol. The van der Waals surface area contributed by atoms with Gasteiger partial charge in [0.25, 0.3) is 0 Å². The van der Waals surface area contributed by atoms with Crippen LogP contribution in [0.5, 0.6) is 5.75 Å². The lowest BCUT2D eigenvalue weighted by molar-refractivity contribution is 0.248. The lowest BCUT2D eigenvalue weighted by atomic mass is 10.1. The van der Waals surface area contributed by atoms with Gasteiger partial charge in [0.1, 0.15) is 5.75 Å². The van der Waals surface area contributed by atoms with Gasteiger partial charge in [-0.05, 0) is 62.9 Å². The molecule has 128 valence electrons. The molecular weight excluding hydrogens is 300 g/mol. The van der Waals surface area contributed by atoms with Crippen molar-refractivity contribution in [1.82, 2.24) is 5.32 Å². The molecule has 0 saturated heterocycles. The summed E-state index contributed by atoms with van der Waals surface area (Å²) in [7, 11) is 0. The molecule has 2 aromatic carbocycles. The summed E-state index contributed by atoms with van der Waals surface area (Å²) in [5, 5.41) is 5.89. The second kappa shape index (κ2) is 8.96. The Hall–Kier alpha value is -2.49. The number of aryl methyl sites for hydroxylation is 2. The number of amides is 2. The summed E-state index contributed by atoms with van der Waals surface area (Å²) in [6.45, 7) is 6.56. The number of ether oxygens (including phenoxy) is 1. The zero-order chi connectivity index (χ0) is 17.4. The number of hydrogen-bond donors (Lipinski definition) is 2. The molecule has 4 heteroatoms. The number of hydrogen-bond acceptors (Lipinski definition) is 2. The first-order valence-corrected chi connectivity index (χ1v) is 8.43. The van der Waals surface area contributed by atoms with Crippen molar-refractivity contribution in [1.29, 1.82) is 0 Å². The Morgan fingerprint density at radius 1 is 1.17 bits per heavy atom. The summed E-state index contributed by atoms with van der Waals surface area (Å²) in [4.78, 5) is 12.1. The number of urea groups is 1. The minimum Gasteiger partial charge on any atom is -0.494 e. The average molecular weight is 326 g/mol. The van der Waals surface area contributed by atoms with Crippen molar-refractivity contribution in [2.24, 2.45) is 0 Å². The van der Waals surface area contributed by atoms with Gasteiger partial charge in [0.2, 0.25) is 0 Å². The highest BCUT2D eigenvalue weighted by atomic mass is 16.5. The number of carbonyl (C=O) groups excluding carboxylic acids is 1. The van der Waals surface area contributed by atoms with Crippen LogP contribution in [-0.2, 0) is 6.42 Å². The normalized spacial score (nSPS) is 11.6.